The summed E-state index contributed by atoms with van der Waals surface area (Å²) in [5.41, 5.74) is -0.0775. The summed E-state index contributed by atoms with van der Waals surface area (Å²) in [5.74, 6) is 1.55. The van der Waals surface area contributed by atoms with Gasteiger partial charge < -0.3 is 5.11 Å². The topological polar surface area (TPSA) is 54.4 Å². The zero-order chi connectivity index (χ0) is 16.4. The highest BCUT2D eigenvalue weighted by Crippen LogP contribution is 2.65. The van der Waals surface area contributed by atoms with E-state index in [1.807, 2.05) is 0 Å². The molecule has 4 aliphatic carbocycles. The molecule has 0 aromatic carbocycles. The van der Waals surface area contributed by atoms with Crippen molar-refractivity contribution in [1.29, 1.82) is 0 Å². The van der Waals surface area contributed by atoms with Gasteiger partial charge in [-0.15, -0.1) is 0 Å². The Bertz CT molecular complexity index is 541. The van der Waals surface area contributed by atoms with Crippen LogP contribution >= 0.6 is 0 Å². The number of aliphatic hydroxyl groups excluding tert-OH is 1. The van der Waals surface area contributed by atoms with E-state index in [9.17, 15) is 14.7 Å². The van der Waals surface area contributed by atoms with Crippen molar-refractivity contribution < 1.29 is 14.7 Å². The molecule has 1 unspecified atom stereocenters. The monoisotopic (exact) mass is 318 g/mol. The normalized spacial score (nSPS) is 52.7. The largest absolute Gasteiger partial charge is 0.396 e. The van der Waals surface area contributed by atoms with Crippen LogP contribution < -0.4 is 0 Å². The second kappa shape index (κ2) is 5.15. The van der Waals surface area contributed by atoms with Crippen molar-refractivity contribution in [3.63, 3.8) is 0 Å². The maximum absolute atomic E-state index is 13.3. The minimum atomic E-state index is -0.269. The Morgan fingerprint density at radius 3 is 2.52 bits per heavy atom. The molecule has 0 aliphatic heterocycles. The van der Waals surface area contributed by atoms with Crippen LogP contribution in [0.5, 0.6) is 0 Å². The lowest BCUT2D eigenvalue weighted by molar-refractivity contribution is -0.169. The van der Waals surface area contributed by atoms with Gasteiger partial charge in [0.2, 0.25) is 0 Å². The summed E-state index contributed by atoms with van der Waals surface area (Å²) in [6.07, 6.45) is 8.28. The number of carbonyl (C=O) groups excluding carboxylic acids is 2. The third-order valence-electron chi connectivity index (χ3n) is 8.53. The van der Waals surface area contributed by atoms with Gasteiger partial charge in [0.05, 0.1) is 6.61 Å². The predicted octanol–water partition coefficient (Wildman–Crippen LogP) is 3.39. The van der Waals surface area contributed by atoms with Crippen molar-refractivity contribution >= 4 is 11.6 Å². The fourth-order valence-electron chi connectivity index (χ4n) is 7.22. The van der Waals surface area contributed by atoms with Crippen LogP contribution in [0.1, 0.15) is 65.2 Å². The summed E-state index contributed by atoms with van der Waals surface area (Å²) in [6, 6.07) is 0. The minimum Gasteiger partial charge on any atom is -0.396 e. The van der Waals surface area contributed by atoms with Gasteiger partial charge in [0.15, 0.2) is 0 Å². The van der Waals surface area contributed by atoms with Gasteiger partial charge in [-0.3, -0.25) is 9.59 Å². The van der Waals surface area contributed by atoms with E-state index < -0.39 is 0 Å². The highest BCUT2D eigenvalue weighted by Gasteiger charge is 2.64. The Kier molecular flexibility index (Phi) is 3.54. The summed E-state index contributed by atoms with van der Waals surface area (Å²) in [4.78, 5) is 25.8. The van der Waals surface area contributed by atoms with E-state index in [-0.39, 0.29) is 35.2 Å². The van der Waals surface area contributed by atoms with Crippen molar-refractivity contribution in [3.05, 3.63) is 0 Å². The second-order valence-corrected chi connectivity index (χ2v) is 9.21. The molecule has 0 amide bonds. The molecular weight excluding hydrogens is 288 g/mol. The number of rotatable bonds is 1. The van der Waals surface area contributed by atoms with Crippen molar-refractivity contribution in [3.8, 4) is 0 Å². The Morgan fingerprint density at radius 1 is 1.00 bits per heavy atom. The summed E-state index contributed by atoms with van der Waals surface area (Å²) in [5, 5.41) is 9.97. The molecule has 0 saturated heterocycles. The second-order valence-electron chi connectivity index (χ2n) is 9.21. The number of Topliss-reactive ketones (excluding diaryl/α,β-unsaturated/α-hetero) is 2. The number of hydrogen-bond acceptors (Lipinski definition) is 3. The fraction of sp³-hybridized carbons (Fsp3) is 0.900. The zero-order valence-electron chi connectivity index (χ0n) is 14.5. The third-order valence-corrected chi connectivity index (χ3v) is 8.53. The van der Waals surface area contributed by atoms with Crippen LogP contribution in [0, 0.1) is 40.4 Å². The van der Waals surface area contributed by atoms with Crippen LogP contribution in [0.15, 0.2) is 0 Å². The lowest BCUT2D eigenvalue weighted by atomic mass is 9.43. The molecule has 0 spiro atoms. The molecule has 23 heavy (non-hydrogen) atoms. The fourth-order valence-corrected chi connectivity index (χ4v) is 7.22. The van der Waals surface area contributed by atoms with Crippen LogP contribution in [0.2, 0.25) is 0 Å². The van der Waals surface area contributed by atoms with Crippen molar-refractivity contribution in [2.75, 3.05) is 6.61 Å². The first-order chi connectivity index (χ1) is 10.9. The van der Waals surface area contributed by atoms with Crippen LogP contribution in [-0.2, 0) is 9.59 Å². The summed E-state index contributed by atoms with van der Waals surface area (Å²) >= 11 is 0. The first kappa shape index (κ1) is 15.8. The summed E-state index contributed by atoms with van der Waals surface area (Å²) in [6.45, 7) is 4.50. The molecule has 3 nitrogen and oxygen atoms in total. The predicted molar refractivity (Wildman–Crippen MR) is 87.7 cm³/mol. The van der Waals surface area contributed by atoms with Gasteiger partial charge in [0.1, 0.15) is 11.6 Å². The Morgan fingerprint density at radius 2 is 1.78 bits per heavy atom. The molecule has 0 aromatic rings. The van der Waals surface area contributed by atoms with Gasteiger partial charge >= 0.3 is 0 Å². The average molecular weight is 318 g/mol. The van der Waals surface area contributed by atoms with Gasteiger partial charge in [-0.1, -0.05) is 26.7 Å². The van der Waals surface area contributed by atoms with Crippen LogP contribution in [0.3, 0.4) is 0 Å². The molecule has 7 atom stereocenters. The Labute approximate surface area is 139 Å². The summed E-state index contributed by atoms with van der Waals surface area (Å²) in [7, 11) is 0. The van der Waals surface area contributed by atoms with Crippen LogP contribution in [0.25, 0.3) is 0 Å². The minimum absolute atomic E-state index is 0.000307. The SMILES string of the molecule is C[C@]12CCCCC1[C@@H](CO)C(=O)[C@@H]1[C@@H]2CC[C@]2(C)C(=O)CC[C@@H]12. The molecule has 128 valence electrons. The van der Waals surface area contributed by atoms with E-state index in [2.05, 4.69) is 13.8 Å². The lowest BCUT2D eigenvalue weighted by Crippen LogP contribution is -2.60. The maximum atomic E-state index is 13.3. The highest BCUT2D eigenvalue weighted by atomic mass is 16.3. The molecule has 1 N–H and O–H groups in total. The standard InChI is InChI=1S/C20H30O3/c1-19-9-4-3-5-13(19)12(11-21)18(23)17-14-6-7-16(22)20(14,2)10-8-15(17)19/h12-15,17,21H,3-11H2,1-2H3/t12-,13?,14+,15+,17+,19+,20+/m1/s1. The van der Waals surface area contributed by atoms with E-state index in [1.54, 1.807) is 0 Å². The first-order valence-corrected chi connectivity index (χ1v) is 9.61. The first-order valence-electron chi connectivity index (χ1n) is 9.61. The molecule has 4 saturated carbocycles. The molecular formula is C20H30O3. The van der Waals surface area contributed by atoms with E-state index >= 15 is 0 Å². The van der Waals surface area contributed by atoms with Gasteiger partial charge in [0.25, 0.3) is 0 Å². The van der Waals surface area contributed by atoms with E-state index in [0.717, 1.165) is 25.7 Å². The molecule has 0 aromatic heterocycles. The molecule has 0 bridgehead atoms. The molecule has 4 aliphatic rings. The summed E-state index contributed by atoms with van der Waals surface area (Å²) < 4.78 is 0. The molecule has 3 heteroatoms. The number of ketones is 2. The Hall–Kier alpha value is -0.700. The quantitative estimate of drug-likeness (QED) is 0.806. The molecule has 4 fully saturated rings. The van der Waals surface area contributed by atoms with E-state index in [1.165, 1.54) is 19.3 Å². The van der Waals surface area contributed by atoms with Crippen molar-refractivity contribution in [2.45, 2.75) is 65.2 Å². The number of fused-ring (bicyclic) bond motifs is 5. The molecule has 4 rings (SSSR count). The zero-order valence-corrected chi connectivity index (χ0v) is 14.5. The Balaban J connectivity index is 1.77. The van der Waals surface area contributed by atoms with Gasteiger partial charge in [0, 0.05) is 23.7 Å². The van der Waals surface area contributed by atoms with Crippen LogP contribution in [0.4, 0.5) is 0 Å². The smallest absolute Gasteiger partial charge is 0.142 e. The van der Waals surface area contributed by atoms with Gasteiger partial charge in [-0.2, -0.15) is 0 Å². The number of carbonyl (C=O) groups is 2. The number of hydrogen-bond donors (Lipinski definition) is 1. The molecule has 0 radical (unpaired) electrons. The molecule has 0 heterocycles. The third kappa shape index (κ3) is 1.92. The van der Waals surface area contributed by atoms with Gasteiger partial charge in [-0.05, 0) is 55.3 Å². The van der Waals surface area contributed by atoms with Crippen molar-refractivity contribution in [1.82, 2.24) is 0 Å². The lowest BCUT2D eigenvalue weighted by Gasteiger charge is -2.60. The van der Waals surface area contributed by atoms with E-state index in [0.29, 0.717) is 29.8 Å². The maximum Gasteiger partial charge on any atom is 0.142 e. The number of aliphatic hydroxyl groups is 1. The van der Waals surface area contributed by atoms with E-state index in [4.69, 9.17) is 0 Å². The average Bonchev–Trinajstić information content (AvgIpc) is 2.84. The van der Waals surface area contributed by atoms with Crippen molar-refractivity contribution in [2.24, 2.45) is 40.4 Å². The van der Waals surface area contributed by atoms with Gasteiger partial charge in [-0.25, -0.2) is 0 Å². The van der Waals surface area contributed by atoms with Crippen LogP contribution in [-0.4, -0.2) is 23.3 Å². The highest BCUT2D eigenvalue weighted by molar-refractivity contribution is 5.91.